The minimum Gasteiger partial charge on any atom is -0.367 e. The third-order valence-corrected chi connectivity index (χ3v) is 2.86. The van der Waals surface area contributed by atoms with Gasteiger partial charge in [-0.05, 0) is 12.1 Å². The molecule has 78 valence electrons. The third kappa shape index (κ3) is 1.72. The second kappa shape index (κ2) is 3.83. The maximum absolute atomic E-state index is 13.7. The Hall–Kier alpha value is -1.07. The van der Waals surface area contributed by atoms with Crippen LogP contribution < -0.4 is 5.73 Å². The minimum absolute atomic E-state index is 0.0220. The fraction of sp³-hybridized carbons (Fsp3) is 0. The first-order valence-corrected chi connectivity index (χ1v) is 5.12. The van der Waals surface area contributed by atoms with Crippen LogP contribution in [-0.2, 0) is 0 Å². The molecule has 0 amide bonds. The van der Waals surface area contributed by atoms with Gasteiger partial charge in [-0.3, -0.25) is 0 Å². The molecule has 0 spiro atoms. The van der Waals surface area contributed by atoms with E-state index in [4.69, 9.17) is 17.3 Å². The molecular weight excluding hydrogens is 286 g/mol. The van der Waals surface area contributed by atoms with E-state index >= 15 is 0 Å². The van der Waals surface area contributed by atoms with Crippen molar-refractivity contribution in [2.45, 2.75) is 0 Å². The molecule has 1 heterocycles. The maximum atomic E-state index is 13.7. The molecule has 0 saturated heterocycles. The van der Waals surface area contributed by atoms with Gasteiger partial charge in [-0.2, -0.15) is 0 Å². The van der Waals surface area contributed by atoms with E-state index in [9.17, 15) is 4.39 Å². The Morgan fingerprint density at radius 2 is 2.20 bits per heavy atom. The third-order valence-electron chi connectivity index (χ3n) is 1.91. The Balaban J connectivity index is 2.72. The predicted molar refractivity (Wildman–Crippen MR) is 59.0 cm³/mol. The molecule has 0 radical (unpaired) electrons. The highest BCUT2D eigenvalue weighted by molar-refractivity contribution is 9.10. The molecule has 15 heavy (non-hydrogen) atoms. The normalized spacial score (nSPS) is 10.6. The molecule has 0 unspecified atom stereocenters. The molecule has 1 aromatic carbocycles. The molecule has 2 rings (SSSR count). The molecule has 2 aromatic rings. The predicted octanol–water partition coefficient (Wildman–Crippen LogP) is 3.48. The van der Waals surface area contributed by atoms with Crippen LogP contribution in [0.4, 0.5) is 10.3 Å². The number of anilines is 1. The molecular formula is C9H5BrClFN2O. The van der Waals surface area contributed by atoms with Gasteiger partial charge in [0.05, 0.1) is 16.8 Å². The van der Waals surface area contributed by atoms with Crippen molar-refractivity contribution in [3.63, 3.8) is 0 Å². The summed E-state index contributed by atoms with van der Waals surface area (Å²) in [5.74, 6) is -0.502. The molecule has 0 bridgehead atoms. The number of halogens is 3. The SMILES string of the molecule is Nc1oncc1-c1c(Br)ccc(Cl)c1F. The van der Waals surface area contributed by atoms with Crippen LogP contribution in [-0.4, -0.2) is 5.16 Å². The molecule has 2 N–H and O–H groups in total. The summed E-state index contributed by atoms with van der Waals surface area (Å²) in [6.45, 7) is 0. The van der Waals surface area contributed by atoms with Gasteiger partial charge in [-0.25, -0.2) is 4.39 Å². The summed E-state index contributed by atoms with van der Waals surface area (Å²) >= 11 is 8.88. The van der Waals surface area contributed by atoms with Crippen LogP contribution in [0.3, 0.4) is 0 Å². The number of nitrogens with two attached hydrogens (primary N) is 1. The molecule has 0 aliphatic rings. The van der Waals surface area contributed by atoms with Crippen molar-refractivity contribution in [1.82, 2.24) is 5.16 Å². The molecule has 0 aliphatic carbocycles. The van der Waals surface area contributed by atoms with Crippen LogP contribution in [0, 0.1) is 5.82 Å². The van der Waals surface area contributed by atoms with Gasteiger partial charge in [0, 0.05) is 10.0 Å². The summed E-state index contributed by atoms with van der Waals surface area (Å²) in [5.41, 5.74) is 6.13. The second-order valence-corrected chi connectivity index (χ2v) is 4.08. The van der Waals surface area contributed by atoms with Gasteiger partial charge < -0.3 is 10.3 Å². The highest BCUT2D eigenvalue weighted by Gasteiger charge is 2.17. The summed E-state index contributed by atoms with van der Waals surface area (Å²) in [6, 6.07) is 3.08. The molecule has 1 aromatic heterocycles. The van der Waals surface area contributed by atoms with Crippen LogP contribution in [0.25, 0.3) is 11.1 Å². The van der Waals surface area contributed by atoms with Crippen LogP contribution >= 0.6 is 27.5 Å². The fourth-order valence-electron chi connectivity index (χ4n) is 1.21. The van der Waals surface area contributed by atoms with Gasteiger partial charge in [0.25, 0.3) is 0 Å². The van der Waals surface area contributed by atoms with Crippen molar-refractivity contribution in [3.05, 3.63) is 33.6 Å². The van der Waals surface area contributed by atoms with E-state index in [0.29, 0.717) is 10.0 Å². The second-order valence-electron chi connectivity index (χ2n) is 2.82. The zero-order chi connectivity index (χ0) is 11.0. The standard InChI is InChI=1S/C9H5BrClFN2O/c10-5-1-2-6(11)8(12)7(5)4-3-14-15-9(4)13/h1-3H,13H2. The van der Waals surface area contributed by atoms with Crippen molar-refractivity contribution >= 4 is 33.4 Å². The van der Waals surface area contributed by atoms with Gasteiger partial charge in [-0.1, -0.05) is 32.7 Å². The Labute approximate surface area is 98.1 Å². The van der Waals surface area contributed by atoms with E-state index in [0.717, 1.165) is 0 Å². The number of benzene rings is 1. The molecule has 0 saturated carbocycles. The highest BCUT2D eigenvalue weighted by Crippen LogP contribution is 2.36. The topological polar surface area (TPSA) is 52.0 Å². The Kier molecular flexibility index (Phi) is 2.67. The summed E-state index contributed by atoms with van der Waals surface area (Å²) in [5, 5.41) is 3.50. The van der Waals surface area contributed by atoms with Crippen LogP contribution in [0.1, 0.15) is 0 Å². The molecule has 3 nitrogen and oxygen atoms in total. The molecule has 0 aliphatic heterocycles. The first kappa shape index (κ1) is 10.4. The first-order chi connectivity index (χ1) is 7.11. The Morgan fingerprint density at radius 3 is 2.80 bits per heavy atom. The summed E-state index contributed by atoms with van der Waals surface area (Å²) in [4.78, 5) is 0. The van der Waals surface area contributed by atoms with E-state index in [1.165, 1.54) is 12.3 Å². The molecule has 6 heteroatoms. The smallest absolute Gasteiger partial charge is 0.230 e. The van der Waals surface area contributed by atoms with Gasteiger partial charge in [0.2, 0.25) is 5.88 Å². The quantitative estimate of drug-likeness (QED) is 0.818. The van der Waals surface area contributed by atoms with Gasteiger partial charge >= 0.3 is 0 Å². The number of aromatic nitrogens is 1. The van der Waals surface area contributed by atoms with Crippen molar-refractivity contribution in [2.24, 2.45) is 0 Å². The van der Waals surface area contributed by atoms with E-state index in [1.54, 1.807) is 6.07 Å². The van der Waals surface area contributed by atoms with Crippen molar-refractivity contribution in [1.29, 1.82) is 0 Å². The minimum atomic E-state index is -0.555. The number of hydrogen-bond donors (Lipinski definition) is 1. The first-order valence-electron chi connectivity index (χ1n) is 3.95. The van der Waals surface area contributed by atoms with E-state index in [2.05, 4.69) is 25.6 Å². The van der Waals surface area contributed by atoms with Gasteiger partial charge in [0.1, 0.15) is 0 Å². The average molecular weight is 292 g/mol. The largest absolute Gasteiger partial charge is 0.367 e. The number of nitrogens with zero attached hydrogens (tertiary/aromatic N) is 1. The highest BCUT2D eigenvalue weighted by atomic mass is 79.9. The monoisotopic (exact) mass is 290 g/mol. The number of rotatable bonds is 1. The van der Waals surface area contributed by atoms with E-state index in [-0.39, 0.29) is 16.5 Å². The lowest BCUT2D eigenvalue weighted by Gasteiger charge is -2.05. The van der Waals surface area contributed by atoms with Crippen molar-refractivity contribution in [2.75, 3.05) is 5.73 Å². The summed E-state index contributed by atoms with van der Waals surface area (Å²) in [6.07, 6.45) is 1.34. The van der Waals surface area contributed by atoms with Gasteiger partial charge in [-0.15, -0.1) is 0 Å². The molecule has 0 atom stereocenters. The zero-order valence-electron chi connectivity index (χ0n) is 7.30. The van der Waals surface area contributed by atoms with Crippen LogP contribution in [0.15, 0.2) is 27.3 Å². The number of nitrogen functional groups attached to an aromatic ring is 1. The zero-order valence-corrected chi connectivity index (χ0v) is 9.64. The van der Waals surface area contributed by atoms with E-state index < -0.39 is 5.82 Å². The Morgan fingerprint density at radius 1 is 1.47 bits per heavy atom. The fourth-order valence-corrected chi connectivity index (χ4v) is 1.89. The average Bonchev–Trinajstić information content (AvgIpc) is 2.60. The molecule has 0 fully saturated rings. The van der Waals surface area contributed by atoms with Gasteiger partial charge in [0.15, 0.2) is 5.82 Å². The summed E-state index contributed by atoms with van der Waals surface area (Å²) < 4.78 is 18.9. The Bertz CT molecular complexity index is 515. The van der Waals surface area contributed by atoms with Crippen molar-refractivity contribution in [3.8, 4) is 11.1 Å². The summed E-state index contributed by atoms with van der Waals surface area (Å²) in [7, 11) is 0. The number of hydrogen-bond acceptors (Lipinski definition) is 3. The lowest BCUT2D eigenvalue weighted by molar-refractivity contribution is 0.436. The van der Waals surface area contributed by atoms with Crippen LogP contribution in [0.2, 0.25) is 5.02 Å². The van der Waals surface area contributed by atoms with E-state index in [1.807, 2.05) is 0 Å². The lowest BCUT2D eigenvalue weighted by atomic mass is 10.1. The lowest BCUT2D eigenvalue weighted by Crippen LogP contribution is -1.90. The maximum Gasteiger partial charge on any atom is 0.230 e. The van der Waals surface area contributed by atoms with Crippen LogP contribution in [0.5, 0.6) is 0 Å². The van der Waals surface area contributed by atoms with Crippen molar-refractivity contribution < 1.29 is 8.91 Å².